The smallest absolute Gasteiger partial charge is 0.267 e. The number of hydroxylamine groups is 1. The highest BCUT2D eigenvalue weighted by Crippen LogP contribution is 2.17. The summed E-state index contributed by atoms with van der Waals surface area (Å²) in [6.45, 7) is 0.988. The molecule has 0 fully saturated rings. The highest BCUT2D eigenvalue weighted by atomic mass is 127. The Morgan fingerprint density at radius 3 is 2.54 bits per heavy atom. The van der Waals surface area contributed by atoms with Gasteiger partial charge in [0.05, 0.1) is 3.57 Å². The molecule has 0 spiro atoms. The molecule has 4 N–H and O–H groups in total. The van der Waals surface area contributed by atoms with E-state index in [1.165, 1.54) is 11.6 Å². The maximum Gasteiger partial charge on any atom is 0.267 e. The van der Waals surface area contributed by atoms with E-state index < -0.39 is 5.91 Å². The van der Waals surface area contributed by atoms with Crippen molar-refractivity contribution in [2.75, 3.05) is 18.4 Å². The van der Waals surface area contributed by atoms with Crippen molar-refractivity contribution in [2.24, 2.45) is 0 Å². The molecule has 0 bridgehead atoms. The van der Waals surface area contributed by atoms with Gasteiger partial charge in [-0.2, -0.15) is 0 Å². The molecule has 2 aromatic rings. The van der Waals surface area contributed by atoms with Crippen molar-refractivity contribution >= 4 is 68.9 Å². The molecule has 0 aliphatic rings. The molecule has 1 aromatic heterocycles. The number of hydrogen-bond acceptors (Lipinski definition) is 5. The first-order chi connectivity index (χ1) is 12.5. The normalized spacial score (nSPS) is 10.6. The van der Waals surface area contributed by atoms with E-state index in [-0.39, 0.29) is 5.91 Å². The summed E-state index contributed by atoms with van der Waals surface area (Å²) in [6, 6.07) is 9.21. The zero-order valence-electron chi connectivity index (χ0n) is 13.5. The first-order valence-corrected chi connectivity index (χ1v) is 9.70. The van der Waals surface area contributed by atoms with Gasteiger partial charge in [-0.3, -0.25) is 14.8 Å². The van der Waals surface area contributed by atoms with Crippen molar-refractivity contribution in [2.45, 2.75) is 0 Å². The summed E-state index contributed by atoms with van der Waals surface area (Å²) in [7, 11) is 0. The van der Waals surface area contributed by atoms with Crippen molar-refractivity contribution in [1.82, 2.24) is 15.8 Å². The van der Waals surface area contributed by atoms with Gasteiger partial charge in [0.25, 0.3) is 11.8 Å². The molecule has 0 aliphatic carbocycles. The Kier molecular flexibility index (Phi) is 8.25. The SMILES string of the molecule is O=C(/C=C/c1cnc(NCCNC(=O)c2ccc(I)cc2)c(I)c1)NO. The standard InChI is InChI=1S/C17H16I2N4O3/c18-13-4-2-12(3-5-13)17(25)21-8-7-20-16-14(19)9-11(10-22-16)1-6-15(24)23-26/h1-6,9-10,26H,7-8H2,(H,20,22)(H,21,25)(H,23,24)/b6-1+. The lowest BCUT2D eigenvalue weighted by atomic mass is 10.2. The third-order valence-electron chi connectivity index (χ3n) is 3.21. The minimum absolute atomic E-state index is 0.117. The zero-order chi connectivity index (χ0) is 18.9. The van der Waals surface area contributed by atoms with Crippen LogP contribution in [-0.2, 0) is 4.79 Å². The molecule has 136 valence electrons. The van der Waals surface area contributed by atoms with E-state index in [9.17, 15) is 9.59 Å². The van der Waals surface area contributed by atoms with Gasteiger partial charge in [-0.1, -0.05) is 0 Å². The van der Waals surface area contributed by atoms with Crippen molar-refractivity contribution in [3.05, 3.63) is 60.9 Å². The first kappa shape index (κ1) is 20.6. The number of benzene rings is 1. The molecule has 0 aliphatic heterocycles. The van der Waals surface area contributed by atoms with Crippen LogP contribution in [0.4, 0.5) is 5.82 Å². The number of carbonyl (C=O) groups excluding carboxylic acids is 2. The van der Waals surface area contributed by atoms with Crippen LogP contribution in [0.1, 0.15) is 15.9 Å². The molecule has 0 radical (unpaired) electrons. The van der Waals surface area contributed by atoms with Gasteiger partial charge in [0.1, 0.15) is 5.82 Å². The summed E-state index contributed by atoms with van der Waals surface area (Å²) < 4.78 is 1.95. The van der Waals surface area contributed by atoms with Gasteiger partial charge in [-0.25, -0.2) is 10.5 Å². The van der Waals surface area contributed by atoms with Gasteiger partial charge < -0.3 is 10.6 Å². The van der Waals surface area contributed by atoms with E-state index in [4.69, 9.17) is 5.21 Å². The predicted octanol–water partition coefficient (Wildman–Crippen LogP) is 2.65. The lowest BCUT2D eigenvalue weighted by Gasteiger charge is -2.09. The van der Waals surface area contributed by atoms with Crippen LogP contribution in [0.5, 0.6) is 0 Å². The average Bonchev–Trinajstić information content (AvgIpc) is 2.64. The van der Waals surface area contributed by atoms with E-state index >= 15 is 0 Å². The molecule has 9 heteroatoms. The number of amides is 2. The number of carbonyl (C=O) groups is 2. The minimum atomic E-state index is -0.605. The highest BCUT2D eigenvalue weighted by molar-refractivity contribution is 14.1. The second kappa shape index (κ2) is 10.4. The maximum atomic E-state index is 12.0. The third kappa shape index (κ3) is 6.53. The zero-order valence-corrected chi connectivity index (χ0v) is 17.8. The number of halogens is 2. The Balaban J connectivity index is 1.82. The summed E-state index contributed by atoms with van der Waals surface area (Å²) in [5, 5.41) is 14.4. The topological polar surface area (TPSA) is 103 Å². The van der Waals surface area contributed by atoms with Gasteiger partial charge in [0, 0.05) is 34.5 Å². The number of hydrogen-bond donors (Lipinski definition) is 4. The molecule has 0 atom stereocenters. The second-order valence-corrected chi connectivity index (χ2v) is 7.51. The van der Waals surface area contributed by atoms with Crippen LogP contribution in [-0.4, -0.2) is 35.1 Å². The van der Waals surface area contributed by atoms with Crippen LogP contribution < -0.4 is 16.1 Å². The predicted molar refractivity (Wildman–Crippen MR) is 116 cm³/mol. The fourth-order valence-electron chi connectivity index (χ4n) is 1.94. The molecular weight excluding hydrogens is 562 g/mol. The Hall–Kier alpha value is -1.73. The summed E-state index contributed by atoms with van der Waals surface area (Å²) in [4.78, 5) is 27.3. The Morgan fingerprint density at radius 2 is 1.88 bits per heavy atom. The molecule has 7 nitrogen and oxygen atoms in total. The maximum absolute atomic E-state index is 12.0. The van der Waals surface area contributed by atoms with Crippen LogP contribution >= 0.6 is 45.2 Å². The summed E-state index contributed by atoms with van der Waals surface area (Å²) in [6.07, 6.45) is 4.36. The Bertz CT molecular complexity index is 810. The number of aromatic nitrogens is 1. The third-order valence-corrected chi connectivity index (χ3v) is 4.75. The van der Waals surface area contributed by atoms with E-state index in [1.807, 2.05) is 18.2 Å². The van der Waals surface area contributed by atoms with Crippen LogP contribution in [0, 0.1) is 7.14 Å². The Labute approximate surface area is 177 Å². The number of nitrogens with one attached hydrogen (secondary N) is 3. The van der Waals surface area contributed by atoms with Gasteiger partial charge in [-0.05, 0) is 87.2 Å². The van der Waals surface area contributed by atoms with Gasteiger partial charge >= 0.3 is 0 Å². The summed E-state index contributed by atoms with van der Waals surface area (Å²) in [5.74, 6) is -0.0301. The monoisotopic (exact) mass is 578 g/mol. The molecule has 2 amide bonds. The van der Waals surface area contributed by atoms with Crippen molar-refractivity contribution < 1.29 is 14.8 Å². The fraction of sp³-hybridized carbons (Fsp3) is 0.118. The molecule has 0 saturated heterocycles. The van der Waals surface area contributed by atoms with Crippen molar-refractivity contribution in [3.8, 4) is 0 Å². The second-order valence-electron chi connectivity index (χ2n) is 5.10. The minimum Gasteiger partial charge on any atom is -0.367 e. The number of rotatable bonds is 7. The molecular formula is C17H16I2N4O3. The fourth-order valence-corrected chi connectivity index (χ4v) is 2.99. The molecule has 1 heterocycles. The Morgan fingerprint density at radius 1 is 1.15 bits per heavy atom. The van der Waals surface area contributed by atoms with Crippen LogP contribution in [0.2, 0.25) is 0 Å². The number of pyridine rings is 1. The molecule has 26 heavy (non-hydrogen) atoms. The molecule has 2 rings (SSSR count). The van der Waals surface area contributed by atoms with E-state index in [2.05, 4.69) is 60.8 Å². The van der Waals surface area contributed by atoms with Crippen molar-refractivity contribution in [1.29, 1.82) is 0 Å². The average molecular weight is 578 g/mol. The molecule has 0 saturated carbocycles. The first-order valence-electron chi connectivity index (χ1n) is 7.55. The van der Waals surface area contributed by atoms with Crippen LogP contribution in [0.25, 0.3) is 6.08 Å². The lowest BCUT2D eigenvalue weighted by Crippen LogP contribution is -2.29. The van der Waals surface area contributed by atoms with E-state index in [1.54, 1.807) is 24.4 Å². The summed E-state index contributed by atoms with van der Waals surface area (Å²) in [5.41, 5.74) is 2.88. The van der Waals surface area contributed by atoms with Gasteiger partial charge in [0.15, 0.2) is 0 Å². The van der Waals surface area contributed by atoms with E-state index in [0.29, 0.717) is 24.5 Å². The molecule has 0 unspecified atom stereocenters. The van der Waals surface area contributed by atoms with Gasteiger partial charge in [0.2, 0.25) is 0 Å². The van der Waals surface area contributed by atoms with Crippen LogP contribution in [0.3, 0.4) is 0 Å². The van der Waals surface area contributed by atoms with Crippen molar-refractivity contribution in [3.63, 3.8) is 0 Å². The lowest BCUT2D eigenvalue weighted by molar-refractivity contribution is -0.124. The highest BCUT2D eigenvalue weighted by Gasteiger charge is 2.05. The van der Waals surface area contributed by atoms with Crippen LogP contribution in [0.15, 0.2) is 42.6 Å². The summed E-state index contributed by atoms with van der Waals surface area (Å²) >= 11 is 4.32. The largest absolute Gasteiger partial charge is 0.367 e. The molecule has 1 aromatic carbocycles. The number of anilines is 1. The quantitative estimate of drug-likeness (QED) is 0.133. The number of nitrogens with zero attached hydrogens (tertiary/aromatic N) is 1. The van der Waals surface area contributed by atoms with E-state index in [0.717, 1.165) is 12.7 Å². The van der Waals surface area contributed by atoms with Gasteiger partial charge in [-0.15, -0.1) is 0 Å².